The number of nitrogens with two attached hydrogens (primary N) is 1. The van der Waals surface area contributed by atoms with Gasteiger partial charge in [0.25, 0.3) is 0 Å². The van der Waals surface area contributed by atoms with Gasteiger partial charge >= 0.3 is 0 Å². The minimum Gasteiger partial charge on any atom is -0.392 e. The smallest absolute Gasteiger partial charge is 0.240 e. The van der Waals surface area contributed by atoms with E-state index in [0.29, 0.717) is 0 Å². The van der Waals surface area contributed by atoms with E-state index in [1.54, 1.807) is 0 Å². The molecule has 4 nitrogen and oxygen atoms in total. The molecule has 0 saturated carbocycles. The van der Waals surface area contributed by atoms with Crippen LogP contribution in [0.15, 0.2) is 22.7 Å². The number of benzene rings is 1. The topological polar surface area (TPSA) is 66.6 Å². The van der Waals surface area contributed by atoms with Crippen LogP contribution in [0.4, 0.5) is 5.69 Å². The van der Waals surface area contributed by atoms with Crippen LogP contribution in [0.5, 0.6) is 0 Å². The fraction of sp³-hybridized carbons (Fsp3) is 0.462. The molecule has 98 valence electrons. The predicted molar refractivity (Wildman–Crippen MR) is 74.2 cm³/mol. The van der Waals surface area contributed by atoms with Crippen molar-refractivity contribution in [2.24, 2.45) is 5.73 Å². The van der Waals surface area contributed by atoms with Gasteiger partial charge in [-0.2, -0.15) is 0 Å². The van der Waals surface area contributed by atoms with Crippen LogP contribution in [-0.2, 0) is 11.4 Å². The third-order valence-corrected chi connectivity index (χ3v) is 3.85. The Morgan fingerprint density at radius 2 is 2.28 bits per heavy atom. The molecule has 1 heterocycles. The number of nitrogens with zero attached hydrogens (tertiary/aromatic N) is 1. The van der Waals surface area contributed by atoms with Crippen molar-refractivity contribution < 1.29 is 9.90 Å². The Balaban J connectivity index is 2.38. The largest absolute Gasteiger partial charge is 0.392 e. The molecule has 5 heteroatoms. The van der Waals surface area contributed by atoms with E-state index in [4.69, 9.17) is 5.73 Å². The summed E-state index contributed by atoms with van der Waals surface area (Å²) in [6, 6.07) is 5.43. The normalized spacial score (nSPS) is 19.9. The number of carbonyl (C=O) groups is 1. The summed E-state index contributed by atoms with van der Waals surface area (Å²) in [5.74, 6) is -0.293. The molecule has 1 aromatic carbocycles. The van der Waals surface area contributed by atoms with Crippen LogP contribution in [0.1, 0.15) is 24.8 Å². The zero-order valence-electron chi connectivity index (χ0n) is 10.1. The molecule has 1 amide bonds. The summed E-state index contributed by atoms with van der Waals surface area (Å²) in [5.41, 5.74) is 7.19. The van der Waals surface area contributed by atoms with E-state index < -0.39 is 0 Å². The third-order valence-electron chi connectivity index (χ3n) is 3.36. The summed E-state index contributed by atoms with van der Waals surface area (Å²) < 4.78 is 0.934. The minimum absolute atomic E-state index is 0.0371. The van der Waals surface area contributed by atoms with Crippen molar-refractivity contribution in [3.05, 3.63) is 28.2 Å². The molecule has 0 spiro atoms. The molecule has 18 heavy (non-hydrogen) atoms. The van der Waals surface area contributed by atoms with Crippen LogP contribution < -0.4 is 10.6 Å². The molecule has 0 aromatic heterocycles. The van der Waals surface area contributed by atoms with Gasteiger partial charge in [0.05, 0.1) is 6.61 Å². The number of aliphatic hydroxyl groups is 1. The van der Waals surface area contributed by atoms with E-state index >= 15 is 0 Å². The summed E-state index contributed by atoms with van der Waals surface area (Å²) in [6.45, 7) is 0.766. The lowest BCUT2D eigenvalue weighted by Crippen LogP contribution is -2.48. The lowest BCUT2D eigenvalue weighted by molar-refractivity contribution is -0.119. The fourth-order valence-electron chi connectivity index (χ4n) is 2.45. The van der Waals surface area contributed by atoms with Crippen molar-refractivity contribution in [3.8, 4) is 0 Å². The van der Waals surface area contributed by atoms with Crippen LogP contribution in [0.25, 0.3) is 0 Å². The highest BCUT2D eigenvalue weighted by molar-refractivity contribution is 9.10. The molecular formula is C13H17BrN2O2. The highest BCUT2D eigenvalue weighted by Crippen LogP contribution is 2.30. The van der Waals surface area contributed by atoms with Crippen molar-refractivity contribution in [3.63, 3.8) is 0 Å². The minimum atomic E-state index is -0.293. The average Bonchev–Trinajstić information content (AvgIpc) is 2.38. The van der Waals surface area contributed by atoms with E-state index in [0.717, 1.165) is 41.5 Å². The molecule has 1 aliphatic rings. The number of amides is 1. The molecule has 2 rings (SSSR count). The monoisotopic (exact) mass is 312 g/mol. The Kier molecular flexibility index (Phi) is 4.24. The first kappa shape index (κ1) is 13.4. The molecule has 1 fully saturated rings. The van der Waals surface area contributed by atoms with Gasteiger partial charge in [-0.15, -0.1) is 0 Å². The third kappa shape index (κ3) is 2.67. The lowest BCUT2D eigenvalue weighted by Gasteiger charge is -2.36. The van der Waals surface area contributed by atoms with Gasteiger partial charge in [0.15, 0.2) is 0 Å². The Morgan fingerprint density at radius 3 is 2.94 bits per heavy atom. The van der Waals surface area contributed by atoms with E-state index in [1.165, 1.54) is 0 Å². The van der Waals surface area contributed by atoms with E-state index in [2.05, 4.69) is 15.9 Å². The molecule has 1 aromatic rings. The highest BCUT2D eigenvalue weighted by Gasteiger charge is 2.28. The predicted octanol–water partition coefficient (Wildman–Crippen LogP) is 1.79. The number of hydrogen-bond donors (Lipinski definition) is 2. The van der Waals surface area contributed by atoms with Crippen molar-refractivity contribution in [2.45, 2.75) is 31.9 Å². The van der Waals surface area contributed by atoms with E-state index in [9.17, 15) is 9.90 Å². The molecule has 1 aliphatic heterocycles. The van der Waals surface area contributed by atoms with Crippen molar-refractivity contribution in [1.82, 2.24) is 0 Å². The molecule has 0 radical (unpaired) electrons. The Labute approximate surface area is 115 Å². The number of primary amides is 1. The number of carbonyl (C=O) groups excluding carboxylic acids is 1. The van der Waals surface area contributed by atoms with E-state index in [1.807, 2.05) is 23.1 Å². The van der Waals surface area contributed by atoms with Gasteiger partial charge in [-0.3, -0.25) is 4.79 Å². The van der Waals surface area contributed by atoms with Gasteiger partial charge in [-0.1, -0.05) is 22.0 Å². The lowest BCUT2D eigenvalue weighted by atomic mass is 9.99. The quantitative estimate of drug-likeness (QED) is 0.894. The first-order valence-corrected chi connectivity index (χ1v) is 6.88. The van der Waals surface area contributed by atoms with Gasteiger partial charge < -0.3 is 15.7 Å². The van der Waals surface area contributed by atoms with Crippen LogP contribution in [0.2, 0.25) is 0 Å². The Hall–Kier alpha value is -1.07. The van der Waals surface area contributed by atoms with Crippen LogP contribution in [0.3, 0.4) is 0 Å². The van der Waals surface area contributed by atoms with E-state index in [-0.39, 0.29) is 18.6 Å². The molecule has 3 N–H and O–H groups in total. The summed E-state index contributed by atoms with van der Waals surface area (Å²) in [4.78, 5) is 13.5. The first-order chi connectivity index (χ1) is 8.63. The maximum Gasteiger partial charge on any atom is 0.240 e. The number of rotatable bonds is 3. The fourth-order valence-corrected chi connectivity index (χ4v) is 2.80. The second-order valence-corrected chi connectivity index (χ2v) is 5.45. The van der Waals surface area contributed by atoms with Crippen LogP contribution >= 0.6 is 15.9 Å². The summed E-state index contributed by atoms with van der Waals surface area (Å²) in [6.07, 6.45) is 2.85. The summed E-state index contributed by atoms with van der Waals surface area (Å²) in [5, 5.41) is 9.41. The standard InChI is InChI=1S/C13H17BrN2O2/c14-10-5-4-9(8-17)12(7-10)16-6-2-1-3-11(16)13(15)18/h4-5,7,11,17H,1-3,6,8H2,(H2,15,18). The number of hydrogen-bond acceptors (Lipinski definition) is 3. The van der Waals surface area contributed by atoms with Gasteiger partial charge in [0, 0.05) is 22.3 Å². The van der Waals surface area contributed by atoms with Crippen LogP contribution in [-0.4, -0.2) is 23.6 Å². The molecular weight excluding hydrogens is 296 g/mol. The SMILES string of the molecule is NC(=O)C1CCCCN1c1cc(Br)ccc1CO. The Morgan fingerprint density at radius 1 is 1.50 bits per heavy atom. The number of piperidine rings is 1. The van der Waals surface area contributed by atoms with Gasteiger partial charge in [0.1, 0.15) is 6.04 Å². The number of aliphatic hydroxyl groups excluding tert-OH is 1. The Bertz CT molecular complexity index is 451. The summed E-state index contributed by atoms with van der Waals surface area (Å²) in [7, 11) is 0. The van der Waals surface area contributed by atoms with Crippen LogP contribution in [0, 0.1) is 0 Å². The second kappa shape index (κ2) is 5.71. The number of anilines is 1. The van der Waals surface area contributed by atoms with Crippen molar-refractivity contribution in [2.75, 3.05) is 11.4 Å². The number of halogens is 1. The average molecular weight is 313 g/mol. The molecule has 1 unspecified atom stereocenters. The molecule has 1 atom stereocenters. The van der Waals surface area contributed by atoms with Gasteiger partial charge in [0.2, 0.25) is 5.91 Å². The van der Waals surface area contributed by atoms with Gasteiger partial charge in [-0.05, 0) is 31.4 Å². The molecule has 0 aliphatic carbocycles. The zero-order chi connectivity index (χ0) is 13.1. The first-order valence-electron chi connectivity index (χ1n) is 6.08. The van der Waals surface area contributed by atoms with Crippen molar-refractivity contribution >= 4 is 27.5 Å². The second-order valence-electron chi connectivity index (χ2n) is 4.54. The highest BCUT2D eigenvalue weighted by atomic mass is 79.9. The maximum atomic E-state index is 11.5. The molecule has 0 bridgehead atoms. The van der Waals surface area contributed by atoms with Gasteiger partial charge in [-0.25, -0.2) is 0 Å². The maximum absolute atomic E-state index is 11.5. The zero-order valence-corrected chi connectivity index (χ0v) is 11.7. The summed E-state index contributed by atoms with van der Waals surface area (Å²) >= 11 is 3.42. The van der Waals surface area contributed by atoms with Crippen molar-refractivity contribution in [1.29, 1.82) is 0 Å². The molecule has 1 saturated heterocycles.